The number of thioether (sulfide) groups is 1. The van der Waals surface area contributed by atoms with Crippen molar-refractivity contribution in [2.75, 3.05) is 19.3 Å². The lowest BCUT2D eigenvalue weighted by Gasteiger charge is -2.15. The molecule has 0 fully saturated rings. The molecule has 2 heterocycles. The Morgan fingerprint density at radius 2 is 2.10 bits per heavy atom. The van der Waals surface area contributed by atoms with Crippen LogP contribution >= 0.6 is 35.0 Å². The Labute approximate surface area is 182 Å². The second kappa shape index (κ2) is 9.74. The molecule has 0 aliphatic carbocycles. The number of carbonyl (C=O) groups is 1. The maximum atomic E-state index is 12.3. The predicted molar refractivity (Wildman–Crippen MR) is 113 cm³/mol. The van der Waals surface area contributed by atoms with Crippen molar-refractivity contribution >= 4 is 40.9 Å². The van der Waals surface area contributed by atoms with Crippen molar-refractivity contribution in [3.63, 3.8) is 0 Å². The van der Waals surface area contributed by atoms with E-state index in [0.29, 0.717) is 27.6 Å². The first-order valence-electron chi connectivity index (χ1n) is 8.56. The quantitative estimate of drug-likeness (QED) is 0.507. The molecule has 0 N–H and O–H groups in total. The molecule has 1 amide bonds. The summed E-state index contributed by atoms with van der Waals surface area (Å²) in [6.07, 6.45) is 3.65. The van der Waals surface area contributed by atoms with Crippen molar-refractivity contribution in [1.29, 1.82) is 5.26 Å². The summed E-state index contributed by atoms with van der Waals surface area (Å²) in [7, 11) is 1.67. The molecule has 0 atom stereocenters. The first-order chi connectivity index (χ1) is 14.0. The van der Waals surface area contributed by atoms with Crippen LogP contribution < -0.4 is 0 Å². The average molecular weight is 447 g/mol. The van der Waals surface area contributed by atoms with Gasteiger partial charge in [0.1, 0.15) is 0 Å². The summed E-state index contributed by atoms with van der Waals surface area (Å²) in [5.74, 6) is 0.634. The molecule has 3 rings (SSSR count). The van der Waals surface area contributed by atoms with E-state index in [1.54, 1.807) is 31.6 Å². The van der Waals surface area contributed by atoms with Gasteiger partial charge in [0.25, 0.3) is 0 Å². The van der Waals surface area contributed by atoms with E-state index in [0.717, 1.165) is 11.3 Å². The van der Waals surface area contributed by atoms with E-state index in [1.807, 2.05) is 28.8 Å². The number of nitrogens with zero attached hydrogens (tertiary/aromatic N) is 6. The number of rotatable bonds is 7. The van der Waals surface area contributed by atoms with Gasteiger partial charge in [-0.3, -0.25) is 14.3 Å². The van der Waals surface area contributed by atoms with Gasteiger partial charge in [0.2, 0.25) is 5.91 Å². The highest BCUT2D eigenvalue weighted by molar-refractivity contribution is 7.99. The van der Waals surface area contributed by atoms with Crippen molar-refractivity contribution in [2.45, 2.75) is 11.6 Å². The molecule has 10 heteroatoms. The summed E-state index contributed by atoms with van der Waals surface area (Å²) in [6, 6.07) is 10.9. The summed E-state index contributed by atoms with van der Waals surface area (Å²) >= 11 is 13.5. The van der Waals surface area contributed by atoms with Crippen LogP contribution in [-0.2, 0) is 4.79 Å². The molecule has 0 saturated carbocycles. The Morgan fingerprint density at radius 3 is 2.79 bits per heavy atom. The smallest absolute Gasteiger partial charge is 0.232 e. The molecular weight excluding hydrogens is 431 g/mol. The van der Waals surface area contributed by atoms with Gasteiger partial charge >= 0.3 is 0 Å². The Balaban J connectivity index is 1.93. The van der Waals surface area contributed by atoms with Crippen LogP contribution in [0.5, 0.6) is 0 Å². The zero-order valence-corrected chi connectivity index (χ0v) is 17.7. The molecule has 2 aromatic heterocycles. The Hall–Kier alpha value is -2.60. The highest BCUT2D eigenvalue weighted by atomic mass is 35.5. The Kier molecular flexibility index (Phi) is 7.09. The van der Waals surface area contributed by atoms with Crippen molar-refractivity contribution in [2.24, 2.45) is 0 Å². The van der Waals surface area contributed by atoms with Gasteiger partial charge in [0, 0.05) is 31.5 Å². The van der Waals surface area contributed by atoms with E-state index >= 15 is 0 Å². The molecule has 3 aromatic rings. The van der Waals surface area contributed by atoms with Crippen LogP contribution in [0.15, 0.2) is 47.9 Å². The highest BCUT2D eigenvalue weighted by Crippen LogP contribution is 2.31. The molecule has 0 bridgehead atoms. The lowest BCUT2D eigenvalue weighted by molar-refractivity contribution is -0.127. The first kappa shape index (κ1) is 21.1. The van der Waals surface area contributed by atoms with Crippen LogP contribution in [-0.4, -0.2) is 49.9 Å². The summed E-state index contributed by atoms with van der Waals surface area (Å²) in [5, 5.41) is 18.6. The number of hydrogen-bond acceptors (Lipinski definition) is 6. The molecule has 0 aliphatic heterocycles. The molecule has 0 aliphatic rings. The van der Waals surface area contributed by atoms with Gasteiger partial charge < -0.3 is 4.90 Å². The summed E-state index contributed by atoms with van der Waals surface area (Å²) in [4.78, 5) is 18.0. The van der Waals surface area contributed by atoms with E-state index in [2.05, 4.69) is 15.2 Å². The lowest BCUT2D eigenvalue weighted by Crippen LogP contribution is -2.29. The largest absolute Gasteiger partial charge is 0.344 e. The van der Waals surface area contributed by atoms with E-state index < -0.39 is 0 Å². The van der Waals surface area contributed by atoms with Gasteiger partial charge in [-0.1, -0.05) is 35.0 Å². The van der Waals surface area contributed by atoms with Crippen LogP contribution in [0.4, 0.5) is 0 Å². The molecule has 0 radical (unpaired) electrons. The maximum absolute atomic E-state index is 12.3. The van der Waals surface area contributed by atoms with Crippen LogP contribution in [0.3, 0.4) is 0 Å². The molecule has 0 saturated heterocycles. The van der Waals surface area contributed by atoms with Gasteiger partial charge in [0.15, 0.2) is 11.0 Å². The topological polar surface area (TPSA) is 87.7 Å². The highest BCUT2D eigenvalue weighted by Gasteiger charge is 2.19. The zero-order chi connectivity index (χ0) is 20.8. The molecule has 0 unspecified atom stereocenters. The number of amides is 1. The van der Waals surface area contributed by atoms with E-state index in [9.17, 15) is 4.79 Å². The van der Waals surface area contributed by atoms with Crippen molar-refractivity contribution in [1.82, 2.24) is 24.6 Å². The summed E-state index contributed by atoms with van der Waals surface area (Å²) in [6.45, 7) is 0.385. The Morgan fingerprint density at radius 1 is 1.28 bits per heavy atom. The standard InChI is InChI=1S/C19H16Cl2N6OS/c1-26(9-3-7-22)17(28)12-29-19-25-24-18(13-4-2-8-23-11-13)27(19)14-5-6-15(20)16(21)10-14/h2,4-6,8,10-11H,3,9,12H2,1H3. The number of pyridine rings is 1. The second-order valence-corrected chi connectivity index (χ2v) is 7.75. The van der Waals surface area contributed by atoms with Crippen molar-refractivity contribution in [3.8, 4) is 23.1 Å². The van der Waals surface area contributed by atoms with Gasteiger partial charge in [-0.2, -0.15) is 5.26 Å². The second-order valence-electron chi connectivity index (χ2n) is 5.99. The molecule has 148 valence electrons. The van der Waals surface area contributed by atoms with Crippen molar-refractivity contribution < 1.29 is 4.79 Å². The minimum atomic E-state index is -0.100. The van der Waals surface area contributed by atoms with E-state index in [4.69, 9.17) is 28.5 Å². The maximum Gasteiger partial charge on any atom is 0.232 e. The number of benzene rings is 1. The first-order valence-corrected chi connectivity index (χ1v) is 10.3. The van der Waals surface area contributed by atoms with Gasteiger partial charge in [-0.05, 0) is 30.3 Å². The molecule has 0 spiro atoms. The predicted octanol–water partition coefficient (Wildman–Crippen LogP) is 4.10. The van der Waals surface area contributed by atoms with Gasteiger partial charge in [-0.15, -0.1) is 10.2 Å². The van der Waals surface area contributed by atoms with E-state index in [1.165, 1.54) is 16.7 Å². The number of hydrogen-bond donors (Lipinski definition) is 0. The minimum absolute atomic E-state index is 0.100. The molecule has 7 nitrogen and oxygen atoms in total. The molecule has 1 aromatic carbocycles. The fourth-order valence-corrected chi connectivity index (χ4v) is 3.67. The summed E-state index contributed by atoms with van der Waals surface area (Å²) < 4.78 is 1.81. The third-order valence-corrected chi connectivity index (χ3v) is 5.68. The fraction of sp³-hybridized carbons (Fsp3) is 0.211. The third-order valence-electron chi connectivity index (χ3n) is 4.02. The van der Waals surface area contributed by atoms with Gasteiger partial charge in [0.05, 0.1) is 34.0 Å². The number of carbonyl (C=O) groups excluding carboxylic acids is 1. The van der Waals surface area contributed by atoms with Crippen LogP contribution in [0.2, 0.25) is 10.0 Å². The van der Waals surface area contributed by atoms with Crippen LogP contribution in [0.1, 0.15) is 6.42 Å². The lowest BCUT2D eigenvalue weighted by atomic mass is 10.2. The monoisotopic (exact) mass is 446 g/mol. The van der Waals surface area contributed by atoms with Crippen molar-refractivity contribution in [3.05, 3.63) is 52.8 Å². The van der Waals surface area contributed by atoms with Gasteiger partial charge in [-0.25, -0.2) is 0 Å². The average Bonchev–Trinajstić information content (AvgIpc) is 3.16. The Bertz CT molecular complexity index is 1050. The SMILES string of the molecule is CN(CCC#N)C(=O)CSc1nnc(-c2cccnc2)n1-c1ccc(Cl)c(Cl)c1. The van der Waals surface area contributed by atoms with Crippen LogP contribution in [0, 0.1) is 11.3 Å². The summed E-state index contributed by atoms with van der Waals surface area (Å²) in [5.41, 5.74) is 1.49. The number of halogens is 2. The number of aromatic nitrogens is 4. The van der Waals surface area contributed by atoms with Crippen LogP contribution in [0.25, 0.3) is 17.1 Å². The fourth-order valence-electron chi connectivity index (χ4n) is 2.48. The zero-order valence-electron chi connectivity index (χ0n) is 15.4. The van der Waals surface area contributed by atoms with E-state index in [-0.39, 0.29) is 18.1 Å². The normalized spacial score (nSPS) is 10.6. The number of nitriles is 1. The third kappa shape index (κ3) is 5.07. The molecular formula is C19H16Cl2N6OS. The minimum Gasteiger partial charge on any atom is -0.344 e. The molecule has 29 heavy (non-hydrogen) atoms.